The molecule has 0 amide bonds. The Morgan fingerprint density at radius 2 is 2.50 bits per heavy atom. The second-order valence-corrected chi connectivity index (χ2v) is 3.53. The van der Waals surface area contributed by atoms with Crippen LogP contribution in [0.3, 0.4) is 0 Å². The summed E-state index contributed by atoms with van der Waals surface area (Å²) in [5, 5.41) is 4.01. The Morgan fingerprint density at radius 1 is 1.75 bits per heavy atom. The fourth-order valence-corrected chi connectivity index (χ4v) is 1.55. The van der Waals surface area contributed by atoms with Crippen LogP contribution in [0.25, 0.3) is 0 Å². The fraction of sp³-hybridized carbons (Fsp3) is 0.500. The number of fused-ring (bicyclic) bond motifs is 1. The molecule has 6 heteroatoms. The summed E-state index contributed by atoms with van der Waals surface area (Å²) in [5.41, 5.74) is 0.434. The van der Waals surface area contributed by atoms with Gasteiger partial charge in [0.15, 0.2) is 5.69 Å². The zero-order chi connectivity index (χ0) is 11.7. The van der Waals surface area contributed by atoms with Gasteiger partial charge in [-0.15, -0.1) is 0 Å². The zero-order valence-electron chi connectivity index (χ0n) is 9.10. The van der Waals surface area contributed by atoms with Crippen LogP contribution in [-0.2, 0) is 16.0 Å². The van der Waals surface area contributed by atoms with Gasteiger partial charge in [-0.25, -0.2) is 9.59 Å². The van der Waals surface area contributed by atoms with Crippen molar-refractivity contribution in [3.8, 4) is 0 Å². The van der Waals surface area contributed by atoms with Crippen LogP contribution in [0.5, 0.6) is 0 Å². The van der Waals surface area contributed by atoms with Gasteiger partial charge in [-0.05, 0) is 13.8 Å². The van der Waals surface area contributed by atoms with E-state index in [4.69, 9.17) is 9.47 Å². The Bertz CT molecular complexity index is 438. The summed E-state index contributed by atoms with van der Waals surface area (Å²) in [6.07, 6.45) is -0.227. The minimum atomic E-state index is -0.523. The molecule has 1 aromatic rings. The third-order valence-electron chi connectivity index (χ3n) is 2.21. The minimum absolute atomic E-state index is 0.142. The van der Waals surface area contributed by atoms with Crippen LogP contribution in [0.1, 0.15) is 34.8 Å². The first-order valence-electron chi connectivity index (χ1n) is 5.07. The Labute approximate surface area is 92.1 Å². The van der Waals surface area contributed by atoms with Gasteiger partial charge in [-0.1, -0.05) is 0 Å². The lowest BCUT2D eigenvalue weighted by Crippen LogP contribution is -2.30. The number of nitrogens with zero attached hydrogens (tertiary/aromatic N) is 2. The molecule has 0 bridgehead atoms. The van der Waals surface area contributed by atoms with Crippen LogP contribution < -0.4 is 0 Å². The third-order valence-corrected chi connectivity index (χ3v) is 2.21. The van der Waals surface area contributed by atoms with E-state index in [0.717, 1.165) is 0 Å². The van der Waals surface area contributed by atoms with E-state index >= 15 is 0 Å². The lowest BCUT2D eigenvalue weighted by Gasteiger charge is -2.19. The SMILES string of the molecule is CCOC(=O)c1cc2n(n1)C[C@@H](C)OC2=O. The third kappa shape index (κ3) is 1.78. The second kappa shape index (κ2) is 3.96. The molecule has 86 valence electrons. The highest BCUT2D eigenvalue weighted by Crippen LogP contribution is 2.15. The van der Waals surface area contributed by atoms with E-state index < -0.39 is 11.9 Å². The van der Waals surface area contributed by atoms with Gasteiger partial charge in [-0.2, -0.15) is 5.10 Å². The van der Waals surface area contributed by atoms with Crippen molar-refractivity contribution >= 4 is 11.9 Å². The second-order valence-electron chi connectivity index (χ2n) is 3.53. The molecule has 0 unspecified atom stereocenters. The smallest absolute Gasteiger partial charge is 0.358 e. The van der Waals surface area contributed by atoms with Crippen molar-refractivity contribution in [2.45, 2.75) is 26.5 Å². The highest BCUT2D eigenvalue weighted by atomic mass is 16.5. The maximum atomic E-state index is 11.5. The van der Waals surface area contributed by atoms with Crippen LogP contribution in [0.2, 0.25) is 0 Å². The molecule has 2 rings (SSSR count). The number of ether oxygens (including phenoxy) is 2. The summed E-state index contributed by atoms with van der Waals surface area (Å²) in [4.78, 5) is 22.9. The number of aromatic nitrogens is 2. The van der Waals surface area contributed by atoms with E-state index in [1.807, 2.05) is 0 Å². The molecule has 6 nitrogen and oxygen atoms in total. The van der Waals surface area contributed by atoms with Crippen molar-refractivity contribution in [3.63, 3.8) is 0 Å². The van der Waals surface area contributed by atoms with Gasteiger partial charge in [0.05, 0.1) is 13.2 Å². The lowest BCUT2D eigenvalue weighted by atomic mass is 10.3. The van der Waals surface area contributed by atoms with E-state index in [-0.39, 0.29) is 18.4 Å². The average molecular weight is 224 g/mol. The van der Waals surface area contributed by atoms with Crippen LogP contribution >= 0.6 is 0 Å². The molecular formula is C10H12N2O4. The molecule has 0 spiro atoms. The first-order valence-corrected chi connectivity index (χ1v) is 5.07. The Morgan fingerprint density at radius 3 is 3.19 bits per heavy atom. The van der Waals surface area contributed by atoms with Gasteiger partial charge in [0.2, 0.25) is 0 Å². The summed E-state index contributed by atoms with van der Waals surface area (Å²) in [6, 6.07) is 1.40. The molecule has 0 radical (unpaired) electrons. The molecule has 0 N–H and O–H groups in total. The first-order chi connectivity index (χ1) is 7.61. The topological polar surface area (TPSA) is 70.4 Å². The molecule has 1 aliphatic heterocycles. The number of carbonyl (C=O) groups is 2. The van der Waals surface area contributed by atoms with Crippen molar-refractivity contribution in [1.29, 1.82) is 0 Å². The largest absolute Gasteiger partial charge is 0.461 e. The molecule has 1 aliphatic rings. The summed E-state index contributed by atoms with van der Waals surface area (Å²) in [5.74, 6) is -0.980. The van der Waals surface area contributed by atoms with E-state index in [1.54, 1.807) is 13.8 Å². The van der Waals surface area contributed by atoms with Crippen molar-refractivity contribution in [2.24, 2.45) is 0 Å². The molecule has 0 fully saturated rings. The Hall–Kier alpha value is -1.85. The lowest BCUT2D eigenvalue weighted by molar-refractivity contribution is 0.0194. The van der Waals surface area contributed by atoms with Crippen LogP contribution in [0.4, 0.5) is 0 Å². The summed E-state index contributed by atoms with van der Waals surface area (Å²) in [7, 11) is 0. The zero-order valence-corrected chi connectivity index (χ0v) is 9.10. The van der Waals surface area contributed by atoms with E-state index in [1.165, 1.54) is 10.7 Å². The maximum Gasteiger partial charge on any atom is 0.358 e. The number of hydrogen-bond donors (Lipinski definition) is 0. The van der Waals surface area contributed by atoms with Gasteiger partial charge in [0.1, 0.15) is 11.8 Å². The van der Waals surface area contributed by atoms with Crippen LogP contribution in [0, 0.1) is 0 Å². The monoisotopic (exact) mass is 224 g/mol. The number of carbonyl (C=O) groups excluding carboxylic acids is 2. The number of rotatable bonds is 2. The van der Waals surface area contributed by atoms with Crippen molar-refractivity contribution in [1.82, 2.24) is 9.78 Å². The predicted octanol–water partition coefficient (Wildman–Crippen LogP) is 0.619. The van der Waals surface area contributed by atoms with Crippen molar-refractivity contribution in [2.75, 3.05) is 6.61 Å². The molecule has 0 saturated heterocycles. The number of esters is 2. The van der Waals surface area contributed by atoms with Gasteiger partial charge < -0.3 is 9.47 Å². The molecule has 0 saturated carbocycles. The van der Waals surface area contributed by atoms with Crippen LogP contribution in [0.15, 0.2) is 6.07 Å². The molecule has 16 heavy (non-hydrogen) atoms. The van der Waals surface area contributed by atoms with Gasteiger partial charge >= 0.3 is 11.9 Å². The van der Waals surface area contributed by atoms with Crippen LogP contribution in [-0.4, -0.2) is 34.4 Å². The maximum absolute atomic E-state index is 11.5. The van der Waals surface area contributed by atoms with Gasteiger partial charge in [0.25, 0.3) is 0 Å². The fourth-order valence-electron chi connectivity index (χ4n) is 1.55. The van der Waals surface area contributed by atoms with E-state index in [2.05, 4.69) is 5.10 Å². The first kappa shape index (κ1) is 10.7. The van der Waals surface area contributed by atoms with E-state index in [0.29, 0.717) is 12.2 Å². The average Bonchev–Trinajstić information content (AvgIpc) is 2.62. The molecule has 1 aromatic heterocycles. The molecule has 0 aromatic carbocycles. The molecule has 1 atom stereocenters. The molecule has 2 heterocycles. The van der Waals surface area contributed by atoms with Gasteiger partial charge in [-0.3, -0.25) is 4.68 Å². The molecule has 0 aliphatic carbocycles. The summed E-state index contributed by atoms with van der Waals surface area (Å²) in [6.45, 7) is 4.22. The highest BCUT2D eigenvalue weighted by molar-refractivity contribution is 5.93. The summed E-state index contributed by atoms with van der Waals surface area (Å²) < 4.78 is 11.3. The van der Waals surface area contributed by atoms with Gasteiger partial charge in [0, 0.05) is 6.07 Å². The highest BCUT2D eigenvalue weighted by Gasteiger charge is 2.27. The standard InChI is InChI=1S/C10H12N2O4/c1-3-15-9(13)7-4-8-10(14)16-6(2)5-12(8)11-7/h4,6H,3,5H2,1-2H3/t6-/m1/s1. The summed E-state index contributed by atoms with van der Waals surface area (Å²) >= 11 is 0. The Kier molecular flexibility index (Phi) is 2.64. The normalized spacial score (nSPS) is 18.9. The number of hydrogen-bond acceptors (Lipinski definition) is 5. The molecular weight excluding hydrogens is 212 g/mol. The van der Waals surface area contributed by atoms with E-state index in [9.17, 15) is 9.59 Å². The quantitative estimate of drug-likeness (QED) is 0.688. The van der Waals surface area contributed by atoms with Crippen molar-refractivity contribution < 1.29 is 19.1 Å². The number of cyclic esters (lactones) is 1. The Balaban J connectivity index is 2.30. The van der Waals surface area contributed by atoms with Crippen molar-refractivity contribution in [3.05, 3.63) is 17.5 Å². The minimum Gasteiger partial charge on any atom is -0.461 e. The predicted molar refractivity (Wildman–Crippen MR) is 53.1 cm³/mol.